The maximum atomic E-state index is 9.94. The Balaban J connectivity index is 0.000000749. The van der Waals surface area contributed by atoms with E-state index in [1.165, 1.54) is 21.6 Å². The van der Waals surface area contributed by atoms with Gasteiger partial charge in [0.1, 0.15) is 11.5 Å². The molecule has 2 rings (SSSR count). The number of aliphatic hydroxyl groups excluding tert-OH is 2. The monoisotopic (exact) mass is 464 g/mol. The fraction of sp³-hybridized carbons (Fsp3) is 0.412. The lowest BCUT2D eigenvalue weighted by Gasteiger charge is -2.12. The Morgan fingerprint density at radius 1 is 0.862 bits per heavy atom. The number of aryl methyl sites for hydroxylation is 2. The van der Waals surface area contributed by atoms with Gasteiger partial charge in [0.25, 0.3) is 10.1 Å². The van der Waals surface area contributed by atoms with Gasteiger partial charge in [0.05, 0.1) is 30.9 Å². The van der Waals surface area contributed by atoms with Crippen LogP contribution < -0.4 is 0 Å². The summed E-state index contributed by atoms with van der Waals surface area (Å²) < 4.78 is 25.9. The van der Waals surface area contributed by atoms with Crippen LogP contribution in [0.25, 0.3) is 0 Å². The third-order valence-electron chi connectivity index (χ3n) is 3.69. The molecule has 12 heteroatoms. The Morgan fingerprint density at radius 3 is 1.45 bits per heavy atom. The topological polar surface area (TPSA) is 161 Å². The summed E-state index contributed by atoms with van der Waals surface area (Å²) in [7, 11) is -0.591. The zero-order valence-electron chi connectivity index (χ0n) is 16.2. The lowest BCUT2D eigenvalue weighted by molar-refractivity contribution is 0.273. The van der Waals surface area contributed by atoms with Gasteiger partial charge < -0.3 is 20.4 Å². The van der Waals surface area contributed by atoms with Gasteiger partial charge in [-0.1, -0.05) is 21.6 Å². The molecule has 0 radical (unpaired) electrons. The highest BCUT2D eigenvalue weighted by Gasteiger charge is 2.13. The first-order chi connectivity index (χ1) is 13.5. The molecular weight excluding hydrogens is 440 g/mol. The van der Waals surface area contributed by atoms with Gasteiger partial charge in [-0.25, -0.2) is 0 Å². The molecular formula is C17H24N2O7S3. The van der Waals surface area contributed by atoms with Crippen LogP contribution in [0.1, 0.15) is 33.6 Å². The molecule has 0 saturated carbocycles. The van der Waals surface area contributed by atoms with Gasteiger partial charge in [0, 0.05) is 35.0 Å². The van der Waals surface area contributed by atoms with Crippen LogP contribution >= 0.6 is 21.6 Å². The number of aromatic hydroxyl groups is 2. The molecule has 0 spiro atoms. The van der Waals surface area contributed by atoms with Crippen LogP contribution in [-0.4, -0.2) is 49.6 Å². The van der Waals surface area contributed by atoms with Gasteiger partial charge in [-0.05, 0) is 25.0 Å². The summed E-state index contributed by atoms with van der Waals surface area (Å²) in [4.78, 5) is 8.23. The van der Waals surface area contributed by atoms with Crippen LogP contribution in [0.5, 0.6) is 11.5 Å². The van der Waals surface area contributed by atoms with Crippen LogP contribution in [0.3, 0.4) is 0 Å². The number of pyridine rings is 2. The summed E-state index contributed by atoms with van der Waals surface area (Å²) in [5.41, 5.74) is 3.56. The van der Waals surface area contributed by atoms with E-state index >= 15 is 0 Å². The minimum Gasteiger partial charge on any atom is -0.506 e. The summed E-state index contributed by atoms with van der Waals surface area (Å²) in [6.07, 6.45) is 4.03. The van der Waals surface area contributed by atoms with E-state index in [1.54, 1.807) is 26.2 Å². The molecule has 0 aromatic carbocycles. The summed E-state index contributed by atoms with van der Waals surface area (Å²) in [6, 6.07) is 0. The predicted molar refractivity (Wildman–Crippen MR) is 113 cm³/mol. The van der Waals surface area contributed by atoms with Crippen molar-refractivity contribution in [2.45, 2.75) is 38.6 Å². The maximum Gasteiger partial charge on any atom is 0.261 e. The average molecular weight is 465 g/mol. The van der Waals surface area contributed by atoms with Gasteiger partial charge in [0.15, 0.2) is 0 Å². The summed E-state index contributed by atoms with van der Waals surface area (Å²) in [5.74, 6) is 1.22. The fourth-order valence-corrected chi connectivity index (χ4v) is 4.36. The number of nitrogens with zero attached hydrogens (tertiary/aromatic N) is 2. The van der Waals surface area contributed by atoms with Gasteiger partial charge >= 0.3 is 0 Å². The molecule has 0 atom stereocenters. The molecule has 0 unspecified atom stereocenters. The van der Waals surface area contributed by atoms with E-state index in [4.69, 9.17) is 4.55 Å². The van der Waals surface area contributed by atoms with E-state index in [9.17, 15) is 28.8 Å². The van der Waals surface area contributed by atoms with Gasteiger partial charge in [-0.15, -0.1) is 0 Å². The molecule has 0 saturated heterocycles. The standard InChI is InChI=1S/C16H20N2O4S2.CH4O3S/c1-9-15(21)13(5-19)11(3-17-9)7-23-24-8-12-4-18-10(2)16(22)14(12)6-20;1-5(2,3)4/h3-4,19-22H,5-8H2,1-2H3;1H3,(H,2,3,4). The van der Waals surface area contributed by atoms with E-state index in [0.717, 1.165) is 11.1 Å². The van der Waals surface area contributed by atoms with Crippen molar-refractivity contribution < 1.29 is 33.4 Å². The highest BCUT2D eigenvalue weighted by molar-refractivity contribution is 8.76. The van der Waals surface area contributed by atoms with Crippen molar-refractivity contribution in [2.24, 2.45) is 0 Å². The predicted octanol–water partition coefficient (Wildman–Crippen LogP) is 2.07. The normalized spacial score (nSPS) is 11.1. The van der Waals surface area contributed by atoms with Crippen LogP contribution in [0.4, 0.5) is 0 Å². The van der Waals surface area contributed by atoms with Crippen LogP contribution in [0, 0.1) is 13.8 Å². The summed E-state index contributed by atoms with van der Waals surface area (Å²) >= 11 is 0. The Hall–Kier alpha value is -1.57. The fourth-order valence-electron chi connectivity index (χ4n) is 2.18. The van der Waals surface area contributed by atoms with Crippen molar-refractivity contribution in [1.29, 1.82) is 0 Å². The lowest BCUT2D eigenvalue weighted by atomic mass is 10.1. The smallest absolute Gasteiger partial charge is 0.261 e. The molecule has 29 heavy (non-hydrogen) atoms. The van der Waals surface area contributed by atoms with Gasteiger partial charge in [-0.3, -0.25) is 14.5 Å². The van der Waals surface area contributed by atoms with E-state index in [1.807, 2.05) is 0 Å². The van der Waals surface area contributed by atoms with E-state index in [-0.39, 0.29) is 24.7 Å². The second kappa shape index (κ2) is 11.6. The SMILES string of the molecule is CS(=O)(=O)O.Cc1ncc(CSSCc2cnc(C)c(O)c2CO)c(CO)c1O. The molecule has 0 amide bonds. The Morgan fingerprint density at radius 2 is 1.17 bits per heavy atom. The first-order valence-corrected chi connectivity index (χ1v) is 12.5. The van der Waals surface area contributed by atoms with Crippen molar-refractivity contribution in [3.63, 3.8) is 0 Å². The average Bonchev–Trinajstić information content (AvgIpc) is 2.63. The van der Waals surface area contributed by atoms with Crippen LogP contribution in [0.15, 0.2) is 12.4 Å². The van der Waals surface area contributed by atoms with Crippen molar-refractivity contribution >= 4 is 31.7 Å². The van der Waals surface area contributed by atoms with Crippen molar-refractivity contribution in [2.75, 3.05) is 6.26 Å². The van der Waals surface area contributed by atoms with E-state index < -0.39 is 10.1 Å². The molecule has 9 nitrogen and oxygen atoms in total. The molecule has 2 heterocycles. The minimum absolute atomic E-state index is 0.0378. The van der Waals surface area contributed by atoms with Gasteiger partial charge in [-0.2, -0.15) is 8.42 Å². The van der Waals surface area contributed by atoms with E-state index in [0.29, 0.717) is 40.3 Å². The van der Waals surface area contributed by atoms with E-state index in [2.05, 4.69) is 9.97 Å². The molecule has 0 fully saturated rings. The summed E-state index contributed by atoms with van der Waals surface area (Å²) in [6.45, 7) is 2.90. The highest BCUT2D eigenvalue weighted by atomic mass is 33.1. The molecule has 0 aliphatic carbocycles. The van der Waals surface area contributed by atoms with Crippen molar-refractivity contribution in [1.82, 2.24) is 9.97 Å². The highest BCUT2D eigenvalue weighted by Crippen LogP contribution is 2.35. The Bertz CT molecular complexity index is 868. The van der Waals surface area contributed by atoms with Crippen LogP contribution in [-0.2, 0) is 34.8 Å². The third kappa shape index (κ3) is 8.36. The molecule has 0 bridgehead atoms. The largest absolute Gasteiger partial charge is 0.506 e. The Kier molecular flexibility index (Phi) is 10.2. The second-order valence-electron chi connectivity index (χ2n) is 5.97. The molecule has 162 valence electrons. The molecule has 2 aromatic heterocycles. The molecule has 5 N–H and O–H groups in total. The maximum absolute atomic E-state index is 9.94. The zero-order chi connectivity index (χ0) is 22.2. The first kappa shape index (κ1) is 25.5. The summed E-state index contributed by atoms with van der Waals surface area (Å²) in [5, 5.41) is 38.7. The quantitative estimate of drug-likeness (QED) is 0.232. The van der Waals surface area contributed by atoms with Crippen molar-refractivity contribution in [3.8, 4) is 11.5 Å². The number of hydrogen-bond acceptors (Lipinski definition) is 10. The number of aromatic nitrogens is 2. The second-order valence-corrected chi connectivity index (χ2v) is 9.89. The lowest BCUT2D eigenvalue weighted by Crippen LogP contribution is -1.98. The first-order valence-electron chi connectivity index (χ1n) is 8.20. The zero-order valence-corrected chi connectivity index (χ0v) is 18.6. The van der Waals surface area contributed by atoms with Crippen LogP contribution in [0.2, 0.25) is 0 Å². The number of aliphatic hydroxyl groups is 2. The molecule has 2 aromatic rings. The third-order valence-corrected chi connectivity index (χ3v) is 5.92. The number of hydrogen-bond donors (Lipinski definition) is 5. The van der Waals surface area contributed by atoms with Crippen molar-refractivity contribution in [3.05, 3.63) is 46.0 Å². The number of rotatable bonds is 7. The van der Waals surface area contributed by atoms with Gasteiger partial charge in [0.2, 0.25) is 0 Å². The Labute approximate surface area is 177 Å². The molecule has 0 aliphatic rings. The molecule has 0 aliphatic heterocycles. The minimum atomic E-state index is -3.67.